The lowest BCUT2D eigenvalue weighted by Crippen LogP contribution is -2.29. The maximum Gasteiger partial charge on any atom is 0.227 e. The largest absolute Gasteiger partial charge is 0.398 e. The molecule has 0 saturated carbocycles. The van der Waals surface area contributed by atoms with Gasteiger partial charge in [0.2, 0.25) is 17.1 Å². The van der Waals surface area contributed by atoms with Crippen LogP contribution in [0, 0.1) is 66.2 Å². The van der Waals surface area contributed by atoms with Gasteiger partial charge in [0.15, 0.2) is 0 Å². The Bertz CT molecular complexity index is 4330. The van der Waals surface area contributed by atoms with Crippen molar-refractivity contribution in [1.82, 2.24) is 0 Å². The molecule has 1 saturated heterocycles. The van der Waals surface area contributed by atoms with Crippen LogP contribution in [0.3, 0.4) is 0 Å². The van der Waals surface area contributed by atoms with E-state index in [-0.39, 0.29) is 43.7 Å². The highest BCUT2D eigenvalue weighted by atomic mass is 35.5. The molecule has 1 aliphatic carbocycles. The maximum atomic E-state index is 12.6. The number of alkyl halides is 1. The SMILES string of the molecule is C.C1CCOC1.CC(C)(C)CC(=O)Cl.Cc1cc2c(c(C)c1N)CCCC(=O)C2.Cc1cc2c(c(C)c1N)CCCC(=O)N2Cc1ccc(Cl)s1.Cc1cc2c(c(C)c1N)CCCCN2Cc1ccc(Cl)s1.Cc1cc2c(c(C)c1NC(=O)CC(C)(C)C)CCCCN2Cc1ccc(Cl)s1.ClCc1ccc(Cl)s1.[B]. The number of anilines is 7. The zero-order valence-corrected chi connectivity index (χ0v) is 73.5. The van der Waals surface area contributed by atoms with Crippen molar-refractivity contribution >= 4 is 186 Å². The third kappa shape index (κ3) is 29.0. The number of nitrogens with two attached hydrogens (primary N) is 3. The number of carbonyl (C=O) groups excluding carboxylic acids is 4. The second kappa shape index (κ2) is 44.4. The fraction of sp³-hybridized carbons (Fsp3) is 0.488. The van der Waals surface area contributed by atoms with Gasteiger partial charge in [0.05, 0.1) is 42.9 Å². The number of ketones is 1. The first-order valence-corrected chi connectivity index (χ1v) is 42.9. The number of fused-ring (bicyclic) bond motifs is 4. The highest BCUT2D eigenvalue weighted by Gasteiger charge is 2.28. The molecule has 1 fully saturated rings. The molecule has 2 amide bonds. The van der Waals surface area contributed by atoms with Crippen LogP contribution in [0.4, 0.5) is 39.8 Å². The molecule has 593 valence electrons. The van der Waals surface area contributed by atoms with Crippen molar-refractivity contribution in [2.75, 3.05) is 63.5 Å². The molecular weight excluding hydrogens is 1560 g/mol. The molecule has 109 heavy (non-hydrogen) atoms. The van der Waals surface area contributed by atoms with Gasteiger partial charge in [0.25, 0.3) is 0 Å². The van der Waals surface area contributed by atoms with E-state index in [0.717, 1.165) is 156 Å². The lowest BCUT2D eigenvalue weighted by atomic mass is 9.91. The van der Waals surface area contributed by atoms with Gasteiger partial charge in [-0.2, -0.15) is 0 Å². The number of amides is 2. The molecule has 23 heteroatoms. The molecule has 4 aliphatic heterocycles. The van der Waals surface area contributed by atoms with Crippen LogP contribution in [-0.2, 0) is 81.5 Å². The molecule has 7 N–H and O–H groups in total. The number of thiophene rings is 4. The van der Waals surface area contributed by atoms with Gasteiger partial charge in [-0.15, -0.1) is 56.9 Å². The van der Waals surface area contributed by atoms with Gasteiger partial charge in [-0.3, -0.25) is 19.2 Å². The molecule has 3 radical (unpaired) electrons. The topological polar surface area (TPSA) is 177 Å². The summed E-state index contributed by atoms with van der Waals surface area (Å²) in [7, 11) is 0. The van der Waals surface area contributed by atoms with Gasteiger partial charge in [0.1, 0.15) is 5.78 Å². The van der Waals surface area contributed by atoms with Gasteiger partial charge in [-0.1, -0.05) is 101 Å². The first kappa shape index (κ1) is 94.3. The van der Waals surface area contributed by atoms with Crippen molar-refractivity contribution in [3.05, 3.63) is 182 Å². The summed E-state index contributed by atoms with van der Waals surface area (Å²) in [5, 5.41) is 2.95. The van der Waals surface area contributed by atoms with E-state index in [1.807, 2.05) is 75.9 Å². The van der Waals surface area contributed by atoms with E-state index in [1.165, 1.54) is 132 Å². The molecule has 4 aromatic heterocycles. The van der Waals surface area contributed by atoms with Crippen LogP contribution in [0.25, 0.3) is 0 Å². The summed E-state index contributed by atoms with van der Waals surface area (Å²) in [5.41, 5.74) is 41.5. The van der Waals surface area contributed by atoms with Crippen molar-refractivity contribution in [3.63, 3.8) is 0 Å². The highest BCUT2D eigenvalue weighted by molar-refractivity contribution is 7.17. The second-order valence-electron chi connectivity index (χ2n) is 30.8. The van der Waals surface area contributed by atoms with E-state index in [9.17, 15) is 19.2 Å². The number of ether oxygens (including phenoxy) is 1. The number of halogens is 6. The van der Waals surface area contributed by atoms with Gasteiger partial charge in [-0.25, -0.2) is 0 Å². The number of nitrogens with zero attached hydrogens (tertiary/aromatic N) is 3. The average molecular weight is 1680 g/mol. The first-order valence-electron chi connectivity index (χ1n) is 37.2. The van der Waals surface area contributed by atoms with Crippen LogP contribution >= 0.6 is 115 Å². The van der Waals surface area contributed by atoms with Crippen molar-refractivity contribution in [2.24, 2.45) is 10.8 Å². The Labute approximate surface area is 699 Å². The van der Waals surface area contributed by atoms with Crippen molar-refractivity contribution in [2.45, 2.75) is 239 Å². The molecule has 0 atom stereocenters. The predicted octanol–water partition coefficient (Wildman–Crippen LogP) is 24.9. The Hall–Kier alpha value is -5.28. The number of hydrogen-bond acceptors (Lipinski definition) is 14. The zero-order valence-electron chi connectivity index (χ0n) is 65.7. The van der Waals surface area contributed by atoms with Crippen molar-refractivity contribution in [1.29, 1.82) is 0 Å². The molecule has 13 rings (SSSR count). The molecule has 0 bridgehead atoms. The van der Waals surface area contributed by atoms with Crippen LogP contribution in [0.15, 0.2) is 72.8 Å². The summed E-state index contributed by atoms with van der Waals surface area (Å²) in [5.74, 6) is 1.19. The maximum absolute atomic E-state index is 12.6. The van der Waals surface area contributed by atoms with Crippen molar-refractivity contribution < 1.29 is 23.9 Å². The third-order valence-electron chi connectivity index (χ3n) is 19.5. The minimum absolute atomic E-state index is 0. The molecule has 4 aromatic carbocycles. The molecular formula is C86H115BCl6N7O5S4. The number of Topliss-reactive ketones (excluding diaryl/α,β-unsaturated/α-hetero) is 1. The van der Waals surface area contributed by atoms with E-state index in [2.05, 4.69) is 114 Å². The highest BCUT2D eigenvalue weighted by Crippen LogP contribution is 2.41. The van der Waals surface area contributed by atoms with Crippen LogP contribution < -0.4 is 37.2 Å². The number of hydrogen-bond donors (Lipinski definition) is 4. The lowest BCUT2D eigenvalue weighted by Gasteiger charge is -2.27. The summed E-state index contributed by atoms with van der Waals surface area (Å²) in [6.45, 7) is 35.4. The predicted molar refractivity (Wildman–Crippen MR) is 478 cm³/mol. The van der Waals surface area contributed by atoms with Gasteiger partial charge in [0, 0.05) is 126 Å². The fourth-order valence-corrected chi connectivity index (χ4v) is 18.8. The second-order valence-corrected chi connectivity index (χ2v) is 38.7. The van der Waals surface area contributed by atoms with Gasteiger partial charge < -0.3 is 42.0 Å². The van der Waals surface area contributed by atoms with Crippen LogP contribution in [0.5, 0.6) is 0 Å². The minimum Gasteiger partial charge on any atom is -0.398 e. The van der Waals surface area contributed by atoms with E-state index in [4.69, 9.17) is 91.5 Å². The number of nitrogen functional groups attached to an aromatic ring is 3. The van der Waals surface area contributed by atoms with Gasteiger partial charge in [-0.05, 0) is 294 Å². The zero-order chi connectivity index (χ0) is 78.6. The number of nitrogens with one attached hydrogen (secondary N) is 1. The third-order valence-corrected chi connectivity index (χ3v) is 25.0. The van der Waals surface area contributed by atoms with Crippen LogP contribution in [0.2, 0.25) is 17.3 Å². The van der Waals surface area contributed by atoms with E-state index in [1.54, 1.807) is 22.7 Å². The molecule has 0 unspecified atom stereocenters. The lowest BCUT2D eigenvalue weighted by molar-refractivity contribution is -0.119. The van der Waals surface area contributed by atoms with Crippen LogP contribution in [0.1, 0.15) is 218 Å². The van der Waals surface area contributed by atoms with E-state index >= 15 is 0 Å². The summed E-state index contributed by atoms with van der Waals surface area (Å²) in [6.07, 6.45) is 16.2. The molecule has 12 nitrogen and oxygen atoms in total. The average Bonchev–Trinajstić information content (AvgIpc) is 1.80. The Morgan fingerprint density at radius 2 is 0.881 bits per heavy atom. The normalized spacial score (nSPS) is 14.5. The quantitative estimate of drug-likeness (QED) is 0.0339. The fourth-order valence-electron chi connectivity index (χ4n) is 13.9. The summed E-state index contributed by atoms with van der Waals surface area (Å²) in [4.78, 5) is 58.5. The van der Waals surface area contributed by atoms with E-state index in [0.29, 0.717) is 50.3 Å². The van der Waals surface area contributed by atoms with Crippen molar-refractivity contribution in [3.8, 4) is 0 Å². The summed E-state index contributed by atoms with van der Waals surface area (Å²) < 4.78 is 8.21. The Morgan fingerprint density at radius 1 is 0.486 bits per heavy atom. The summed E-state index contributed by atoms with van der Waals surface area (Å²) >= 11 is 40.8. The van der Waals surface area contributed by atoms with Crippen LogP contribution in [-0.4, -0.2) is 57.6 Å². The monoisotopic (exact) mass is 1670 g/mol. The Kier molecular flexibility index (Phi) is 38.4. The Morgan fingerprint density at radius 3 is 1.29 bits per heavy atom. The number of rotatable bonds is 10. The standard InChI is InChI=1S/C23H31ClN2OS.C17H19ClN2OS.C17H21ClN2S.C13H17NO.C6H11ClO.C5H4Cl2S.C4H8O.CH4.B/c1-15-12-19-18(16(2)22(15)25-21(27)13-23(3,4)5)8-6-7-11-26(19)14-17-9-10-20(24)28-17;1-10-8-14-13(11(2)17(10)19)4-3-5-16(21)20(14)9-12-6-7-15(18)22-12;1-11-9-15-14(12(2)17(11)19)5-3-4-8-20(15)10-13-6-7-16(18)21-13;1-8-6-10-7-11(15)4-3-5-12(10)9(2)13(8)14;1-6(2,3)4-5(7)8;6-3-4-1-2-5(7)8-4;1-2-4-5-3-1;;/h9-10,12H,6-8,11,13-14H2,1-5H3,(H,25,27);6-8H,3-5,9,19H2,1-2H3;6-7,9H,3-5,8,10,19H2,1-2H3;6H,3-5,7,14H2,1-2H3;4H2,1-3H3;1-2H,3H2;1-4H2;1H4;. The molecule has 5 aliphatic rings. The smallest absolute Gasteiger partial charge is 0.227 e. The number of aryl methyl sites for hydroxylation is 4. The molecule has 0 spiro atoms. The number of carbonyl (C=O) groups is 4. The minimum atomic E-state index is -0.252. The Balaban J connectivity index is 0.000000240. The molecule has 8 aromatic rings. The first-order chi connectivity index (χ1) is 50.5. The van der Waals surface area contributed by atoms with E-state index < -0.39 is 0 Å². The summed E-state index contributed by atoms with van der Waals surface area (Å²) in [6, 6.07) is 24.5. The molecule has 8 heterocycles. The number of benzene rings is 4. The van der Waals surface area contributed by atoms with Gasteiger partial charge >= 0.3 is 0 Å².